The molecule has 8 nitrogen and oxygen atoms in total. The van der Waals surface area contributed by atoms with Crippen molar-refractivity contribution in [3.8, 4) is 11.1 Å². The number of benzene rings is 2. The molecule has 4 rings (SSSR count). The summed E-state index contributed by atoms with van der Waals surface area (Å²) in [6.07, 6.45) is -0.328. The molecule has 0 bridgehead atoms. The molecule has 2 heterocycles. The number of aromatic nitrogens is 4. The quantitative estimate of drug-likeness (QED) is 0.178. The van der Waals surface area contributed by atoms with E-state index in [-0.39, 0.29) is 34.3 Å². The van der Waals surface area contributed by atoms with Gasteiger partial charge in [0.1, 0.15) is 11.6 Å². The number of rotatable bonds is 8. The average molecular weight is 547 g/mol. The fourth-order valence-corrected chi connectivity index (χ4v) is 3.41. The van der Waals surface area contributed by atoms with Gasteiger partial charge >= 0.3 is 12.1 Å². The Labute approximate surface area is 217 Å². The maximum Gasteiger partial charge on any atom is 0.458 e. The highest BCUT2D eigenvalue weighted by Gasteiger charge is 2.58. The molecule has 0 atom stereocenters. The first-order chi connectivity index (χ1) is 18.4. The summed E-state index contributed by atoms with van der Waals surface area (Å²) in [7, 11) is 1.69. The molecule has 202 valence electrons. The lowest BCUT2D eigenvalue weighted by atomic mass is 10.0. The number of hydrogen-bond acceptors (Lipinski definition) is 6. The van der Waals surface area contributed by atoms with Crippen LogP contribution in [0.1, 0.15) is 5.56 Å². The Hall–Kier alpha value is -4.88. The minimum absolute atomic E-state index is 0.0159. The minimum Gasteiger partial charge on any atom is -0.337 e. The van der Waals surface area contributed by atoms with Crippen molar-refractivity contribution in [2.24, 2.45) is 7.05 Å². The van der Waals surface area contributed by atoms with Gasteiger partial charge in [0.05, 0.1) is 17.6 Å². The van der Waals surface area contributed by atoms with Crippen molar-refractivity contribution in [1.82, 2.24) is 19.7 Å². The number of alkyl halides is 5. The van der Waals surface area contributed by atoms with Crippen LogP contribution in [0.5, 0.6) is 0 Å². The second kappa shape index (κ2) is 10.5. The first-order valence-corrected chi connectivity index (χ1v) is 11.1. The zero-order valence-corrected chi connectivity index (χ0v) is 20.0. The van der Waals surface area contributed by atoms with Crippen LogP contribution in [-0.2, 0) is 17.8 Å². The molecule has 0 fully saturated rings. The molecule has 0 radical (unpaired) electrons. The predicted octanol–water partition coefficient (Wildman–Crippen LogP) is 6.28. The molecule has 0 aliphatic rings. The molecule has 4 aromatic rings. The van der Waals surface area contributed by atoms with E-state index in [1.807, 2.05) is 0 Å². The molecule has 0 unspecified atom stereocenters. The van der Waals surface area contributed by atoms with Crippen LogP contribution in [0.3, 0.4) is 0 Å². The monoisotopic (exact) mass is 547 g/mol. The summed E-state index contributed by atoms with van der Waals surface area (Å²) in [5.74, 6) is -6.28. The number of aryl methyl sites for hydroxylation is 1. The molecule has 0 saturated heterocycles. The smallest absolute Gasteiger partial charge is 0.337 e. The first kappa shape index (κ1) is 27.2. The van der Waals surface area contributed by atoms with Gasteiger partial charge in [-0.2, -0.15) is 32.0 Å². The van der Waals surface area contributed by atoms with Crippen LogP contribution < -0.4 is 16.0 Å². The van der Waals surface area contributed by atoms with Gasteiger partial charge in [0.25, 0.3) is 0 Å². The largest absolute Gasteiger partial charge is 0.458 e. The maximum absolute atomic E-state index is 14.7. The van der Waals surface area contributed by atoms with E-state index in [9.17, 15) is 31.1 Å². The van der Waals surface area contributed by atoms with Gasteiger partial charge in [-0.3, -0.25) is 9.48 Å². The highest BCUT2D eigenvalue weighted by Crippen LogP contribution is 2.44. The zero-order chi connectivity index (χ0) is 28.4. The summed E-state index contributed by atoms with van der Waals surface area (Å²) >= 11 is 0. The zero-order valence-electron chi connectivity index (χ0n) is 20.0. The topological polar surface area (TPSA) is 96.8 Å². The first-order valence-electron chi connectivity index (χ1n) is 11.1. The van der Waals surface area contributed by atoms with Crippen LogP contribution in [0.2, 0.25) is 0 Å². The van der Waals surface area contributed by atoms with E-state index in [2.05, 4.69) is 37.6 Å². The Balaban J connectivity index is 1.74. The Morgan fingerprint density at radius 3 is 2.33 bits per heavy atom. The molecule has 3 N–H and O–H groups in total. The van der Waals surface area contributed by atoms with Crippen molar-refractivity contribution in [1.29, 1.82) is 0 Å². The number of amides is 1. The summed E-state index contributed by atoms with van der Waals surface area (Å²) in [5, 5.41) is 12.2. The normalized spacial score (nSPS) is 11.7. The fourth-order valence-electron chi connectivity index (χ4n) is 3.41. The van der Waals surface area contributed by atoms with Crippen molar-refractivity contribution in [3.05, 3.63) is 85.1 Å². The highest BCUT2D eigenvalue weighted by molar-refractivity contribution is 5.99. The predicted molar refractivity (Wildman–Crippen MR) is 132 cm³/mol. The minimum atomic E-state index is -5.77. The Morgan fingerprint density at radius 1 is 1.00 bits per heavy atom. The summed E-state index contributed by atoms with van der Waals surface area (Å²) in [6, 6.07) is 7.06. The number of hydrogen-bond donors (Lipinski definition) is 3. The molecular weight excluding hydrogens is 528 g/mol. The molecule has 39 heavy (non-hydrogen) atoms. The molecule has 0 aliphatic heterocycles. The van der Waals surface area contributed by atoms with Gasteiger partial charge in [-0.25, -0.2) is 9.37 Å². The van der Waals surface area contributed by atoms with E-state index in [0.29, 0.717) is 17.8 Å². The van der Waals surface area contributed by atoms with Gasteiger partial charge < -0.3 is 16.0 Å². The Kier molecular flexibility index (Phi) is 7.29. The second-order valence-corrected chi connectivity index (χ2v) is 8.15. The lowest BCUT2D eigenvalue weighted by molar-refractivity contribution is -0.289. The summed E-state index contributed by atoms with van der Waals surface area (Å²) in [5.41, 5.74) is -0.288. The maximum atomic E-state index is 14.7. The molecule has 0 aliphatic carbocycles. The lowest BCUT2D eigenvalue weighted by Crippen LogP contribution is -2.33. The van der Waals surface area contributed by atoms with Crippen molar-refractivity contribution < 1.29 is 31.1 Å². The van der Waals surface area contributed by atoms with E-state index < -0.39 is 29.4 Å². The van der Waals surface area contributed by atoms with Gasteiger partial charge in [0.15, 0.2) is 0 Å². The molecule has 2 aromatic heterocycles. The molecule has 0 spiro atoms. The molecule has 0 saturated carbocycles. The van der Waals surface area contributed by atoms with Gasteiger partial charge in [-0.1, -0.05) is 30.8 Å². The van der Waals surface area contributed by atoms with Crippen molar-refractivity contribution in [3.63, 3.8) is 0 Å². The molecule has 1 amide bonds. The van der Waals surface area contributed by atoms with Crippen LogP contribution in [-0.4, -0.2) is 31.8 Å². The third-order valence-corrected chi connectivity index (χ3v) is 5.34. The van der Waals surface area contributed by atoms with Crippen LogP contribution in [0.4, 0.5) is 55.2 Å². The van der Waals surface area contributed by atoms with Crippen LogP contribution in [0, 0.1) is 5.82 Å². The highest BCUT2D eigenvalue weighted by atomic mass is 19.4. The van der Waals surface area contributed by atoms with Crippen molar-refractivity contribution in [2.45, 2.75) is 12.1 Å². The van der Waals surface area contributed by atoms with Gasteiger partial charge in [0, 0.05) is 36.3 Å². The van der Waals surface area contributed by atoms with E-state index in [0.717, 1.165) is 24.3 Å². The van der Waals surface area contributed by atoms with Gasteiger partial charge in [-0.05, 0) is 29.8 Å². The standard InChI is InChI=1S/C25H19F6N7O/c1-3-21(39)34-16-8-9-19(26)20(10-16)36-22-18(12-32-23(37-22)35-17-11-33-38(2)13-17)14-4-6-15(7-5-14)24(27,28)25(29,30)31/h3-13H,1H2,2H3,(H,34,39)(H2,32,35,36,37). The summed E-state index contributed by atoms with van der Waals surface area (Å²) in [4.78, 5) is 20.2. The number of carbonyl (C=O) groups excluding carboxylic acids is 1. The van der Waals surface area contributed by atoms with Crippen LogP contribution in [0.25, 0.3) is 11.1 Å². The van der Waals surface area contributed by atoms with Gasteiger partial charge in [-0.15, -0.1) is 0 Å². The lowest BCUT2D eigenvalue weighted by Gasteiger charge is -2.20. The van der Waals surface area contributed by atoms with Crippen LogP contribution >= 0.6 is 0 Å². The molecular formula is C25H19F6N7O. The van der Waals surface area contributed by atoms with E-state index >= 15 is 0 Å². The summed E-state index contributed by atoms with van der Waals surface area (Å²) in [6.45, 7) is 3.35. The number of nitrogens with zero attached hydrogens (tertiary/aromatic N) is 4. The summed E-state index contributed by atoms with van der Waals surface area (Å²) < 4.78 is 82.1. The third-order valence-electron chi connectivity index (χ3n) is 5.34. The molecule has 2 aromatic carbocycles. The number of anilines is 5. The number of nitrogens with one attached hydrogen (secondary N) is 3. The van der Waals surface area contributed by atoms with Gasteiger partial charge in [0.2, 0.25) is 11.9 Å². The SMILES string of the molecule is C=CC(=O)Nc1ccc(F)c(Nc2nc(Nc3cnn(C)c3)ncc2-c2ccc(C(F)(F)C(F)(F)F)cc2)c1. The van der Waals surface area contributed by atoms with E-state index in [4.69, 9.17) is 0 Å². The second-order valence-electron chi connectivity index (χ2n) is 8.15. The van der Waals surface area contributed by atoms with Crippen molar-refractivity contribution in [2.75, 3.05) is 16.0 Å². The average Bonchev–Trinajstić information content (AvgIpc) is 3.29. The number of carbonyl (C=O) groups is 1. The Bertz CT molecular complexity index is 1520. The fraction of sp³-hybridized carbons (Fsp3) is 0.120. The third kappa shape index (κ3) is 6.00. The van der Waals surface area contributed by atoms with E-state index in [1.165, 1.54) is 29.2 Å². The van der Waals surface area contributed by atoms with Crippen LogP contribution in [0.15, 0.2) is 73.7 Å². The van der Waals surface area contributed by atoms with Crippen molar-refractivity contribution >= 4 is 34.7 Å². The molecule has 14 heteroatoms. The van der Waals surface area contributed by atoms with E-state index in [1.54, 1.807) is 13.2 Å². The Morgan fingerprint density at radius 2 is 1.72 bits per heavy atom. The number of halogens is 6.